The molecule has 0 radical (unpaired) electrons. The average molecular weight is 483 g/mol. The van der Waals surface area contributed by atoms with Crippen molar-refractivity contribution in [2.24, 2.45) is 0 Å². The van der Waals surface area contributed by atoms with Crippen molar-refractivity contribution in [2.45, 2.75) is 37.5 Å². The summed E-state index contributed by atoms with van der Waals surface area (Å²) in [5.74, 6) is -1.57. The third-order valence-corrected chi connectivity index (χ3v) is 6.14. The highest BCUT2D eigenvalue weighted by Gasteiger charge is 2.36. The summed E-state index contributed by atoms with van der Waals surface area (Å²) in [7, 11) is 0. The van der Waals surface area contributed by atoms with E-state index in [1.807, 2.05) is 0 Å². The third-order valence-electron chi connectivity index (χ3n) is 5.66. The molecule has 3 aromatic rings. The van der Waals surface area contributed by atoms with Crippen molar-refractivity contribution in [3.05, 3.63) is 52.6 Å². The maximum atomic E-state index is 14.6. The monoisotopic (exact) mass is 482 g/mol. The number of aliphatic hydroxyl groups excluding tert-OH is 1. The molecule has 5 rings (SSSR count). The SMILES string of the molecule is O[C@@H]1C[C@H]1NC(=S)Nc1c(F)nn2cc(Cl)c(N3CCCC3c3cc(F)ccc3F)nc12. The lowest BCUT2D eigenvalue weighted by Gasteiger charge is -2.27. The summed E-state index contributed by atoms with van der Waals surface area (Å²) >= 11 is 11.6. The van der Waals surface area contributed by atoms with Gasteiger partial charge in [0.25, 0.3) is 5.95 Å². The number of nitrogens with one attached hydrogen (secondary N) is 2. The molecule has 2 aliphatic rings. The van der Waals surface area contributed by atoms with E-state index in [0.717, 1.165) is 18.6 Å². The number of hydrogen-bond acceptors (Lipinski definition) is 5. The molecular formula is C20H18ClF3N6OS. The molecule has 2 fully saturated rings. The largest absolute Gasteiger partial charge is 0.391 e. The van der Waals surface area contributed by atoms with Gasteiger partial charge in [0, 0.05) is 12.1 Å². The number of thiocarbonyl (C=S) groups is 1. The predicted molar refractivity (Wildman–Crippen MR) is 117 cm³/mol. The molecule has 0 bridgehead atoms. The number of aliphatic hydroxyl groups is 1. The highest BCUT2D eigenvalue weighted by atomic mass is 35.5. The summed E-state index contributed by atoms with van der Waals surface area (Å²) in [6.07, 6.45) is 2.79. The first kappa shape index (κ1) is 21.2. The lowest BCUT2D eigenvalue weighted by atomic mass is 10.0. The summed E-state index contributed by atoms with van der Waals surface area (Å²) < 4.78 is 44.0. The number of anilines is 2. The van der Waals surface area contributed by atoms with Crippen LogP contribution in [-0.2, 0) is 0 Å². The normalized spacial score (nSPS) is 22.4. The molecule has 7 nitrogen and oxygen atoms in total. The van der Waals surface area contributed by atoms with Crippen LogP contribution in [0.1, 0.15) is 30.9 Å². The molecule has 1 unspecified atom stereocenters. The minimum atomic E-state index is -0.833. The molecule has 3 heterocycles. The quantitative estimate of drug-likeness (QED) is 0.491. The third kappa shape index (κ3) is 3.84. The van der Waals surface area contributed by atoms with E-state index in [4.69, 9.17) is 23.8 Å². The van der Waals surface area contributed by atoms with Gasteiger partial charge in [-0.1, -0.05) is 11.6 Å². The van der Waals surface area contributed by atoms with Gasteiger partial charge >= 0.3 is 0 Å². The zero-order valence-corrected chi connectivity index (χ0v) is 18.1. The van der Waals surface area contributed by atoms with Crippen LogP contribution in [0.4, 0.5) is 24.7 Å². The number of rotatable bonds is 4. The fourth-order valence-corrected chi connectivity index (χ4v) is 4.49. The smallest absolute Gasteiger partial charge is 0.258 e. The lowest BCUT2D eigenvalue weighted by molar-refractivity contribution is 0.269. The zero-order chi connectivity index (χ0) is 22.6. The summed E-state index contributed by atoms with van der Waals surface area (Å²) in [6.45, 7) is 0.516. The van der Waals surface area contributed by atoms with Crippen LogP contribution in [0.25, 0.3) is 5.65 Å². The van der Waals surface area contributed by atoms with Crippen molar-refractivity contribution >= 4 is 46.1 Å². The Hall–Kier alpha value is -2.63. The minimum Gasteiger partial charge on any atom is -0.391 e. The van der Waals surface area contributed by atoms with Crippen LogP contribution >= 0.6 is 23.8 Å². The van der Waals surface area contributed by atoms with E-state index in [2.05, 4.69) is 20.7 Å². The molecular weight excluding hydrogens is 465 g/mol. The second-order valence-corrected chi connectivity index (χ2v) is 8.69. The topological polar surface area (TPSA) is 77.7 Å². The Bertz CT molecular complexity index is 1220. The van der Waals surface area contributed by atoms with Crippen molar-refractivity contribution in [1.29, 1.82) is 0 Å². The van der Waals surface area contributed by atoms with Crippen LogP contribution in [0, 0.1) is 17.6 Å². The van der Waals surface area contributed by atoms with Crippen LogP contribution in [0.3, 0.4) is 0 Å². The van der Waals surface area contributed by atoms with Gasteiger partial charge in [-0.15, -0.1) is 5.10 Å². The Morgan fingerprint density at radius 1 is 1.28 bits per heavy atom. The summed E-state index contributed by atoms with van der Waals surface area (Å²) in [4.78, 5) is 6.29. The van der Waals surface area contributed by atoms with E-state index >= 15 is 0 Å². The molecule has 3 N–H and O–H groups in total. The summed E-state index contributed by atoms with van der Waals surface area (Å²) in [6, 6.07) is 2.69. The Kier molecular flexibility index (Phi) is 5.34. The van der Waals surface area contributed by atoms with Gasteiger partial charge in [0.15, 0.2) is 16.6 Å². The fourth-order valence-electron chi connectivity index (χ4n) is 3.99. The number of nitrogens with zero attached hydrogens (tertiary/aromatic N) is 4. The highest BCUT2D eigenvalue weighted by molar-refractivity contribution is 7.80. The summed E-state index contributed by atoms with van der Waals surface area (Å²) in [5.41, 5.74) is 0.294. The van der Waals surface area contributed by atoms with Crippen LogP contribution in [0.5, 0.6) is 0 Å². The zero-order valence-electron chi connectivity index (χ0n) is 16.5. The molecule has 2 aromatic heterocycles. The number of benzene rings is 1. The minimum absolute atomic E-state index is 0.0526. The van der Waals surface area contributed by atoms with Crippen molar-refractivity contribution in [3.63, 3.8) is 0 Å². The summed E-state index contributed by atoms with van der Waals surface area (Å²) in [5, 5.41) is 19.2. The van der Waals surface area contributed by atoms with E-state index in [1.165, 1.54) is 16.8 Å². The number of halogens is 4. The first-order valence-corrected chi connectivity index (χ1v) is 10.8. The number of aromatic nitrogens is 3. The maximum absolute atomic E-state index is 14.6. The second-order valence-electron chi connectivity index (χ2n) is 7.87. The van der Waals surface area contributed by atoms with E-state index in [9.17, 15) is 18.3 Å². The van der Waals surface area contributed by atoms with Crippen molar-refractivity contribution in [2.75, 3.05) is 16.8 Å². The molecule has 1 saturated heterocycles. The van der Waals surface area contributed by atoms with Crippen LogP contribution in [0.15, 0.2) is 24.4 Å². The molecule has 0 amide bonds. The second kappa shape index (κ2) is 8.05. The molecule has 3 atom stereocenters. The molecule has 168 valence electrons. The van der Waals surface area contributed by atoms with Gasteiger partial charge in [-0.2, -0.15) is 4.39 Å². The predicted octanol–water partition coefficient (Wildman–Crippen LogP) is 3.56. The van der Waals surface area contributed by atoms with Gasteiger partial charge in [-0.3, -0.25) is 0 Å². The van der Waals surface area contributed by atoms with Gasteiger partial charge in [0.05, 0.1) is 24.4 Å². The number of hydrogen-bond donors (Lipinski definition) is 3. The molecule has 32 heavy (non-hydrogen) atoms. The first-order chi connectivity index (χ1) is 15.3. The number of fused-ring (bicyclic) bond motifs is 1. The van der Waals surface area contributed by atoms with E-state index in [-0.39, 0.29) is 33.1 Å². The van der Waals surface area contributed by atoms with Gasteiger partial charge in [-0.25, -0.2) is 18.3 Å². The highest BCUT2D eigenvalue weighted by Crippen LogP contribution is 2.40. The van der Waals surface area contributed by atoms with Gasteiger partial charge in [-0.05, 0) is 49.7 Å². The van der Waals surface area contributed by atoms with Gasteiger partial charge in [0.2, 0.25) is 0 Å². The van der Waals surface area contributed by atoms with Crippen molar-refractivity contribution in [1.82, 2.24) is 19.9 Å². The van der Waals surface area contributed by atoms with Crippen LogP contribution in [0.2, 0.25) is 5.02 Å². The molecule has 12 heteroatoms. The molecule has 1 aliphatic heterocycles. The molecule has 1 saturated carbocycles. The van der Waals surface area contributed by atoms with Crippen molar-refractivity contribution in [3.8, 4) is 0 Å². The lowest BCUT2D eigenvalue weighted by Crippen LogP contribution is -2.32. The Labute approximate surface area is 191 Å². The maximum Gasteiger partial charge on any atom is 0.258 e. The molecule has 1 aromatic carbocycles. The molecule has 0 spiro atoms. The Morgan fingerprint density at radius 2 is 2.06 bits per heavy atom. The van der Waals surface area contributed by atoms with Crippen LogP contribution < -0.4 is 15.5 Å². The van der Waals surface area contributed by atoms with Crippen molar-refractivity contribution < 1.29 is 18.3 Å². The van der Waals surface area contributed by atoms with Gasteiger partial charge < -0.3 is 20.6 Å². The Balaban J connectivity index is 1.50. The fraction of sp³-hybridized carbons (Fsp3) is 0.350. The average Bonchev–Trinajstić information content (AvgIpc) is 3.11. The standard InChI is InChI=1S/C20H18ClF3N6OS/c21-11-8-30-19(16(17(24)28-30)26-20(32)25-13-7-15(13)31)27-18(11)29-5-1-2-14(29)10-6-9(22)3-4-12(10)23/h3-4,6,8,13-15,31H,1-2,5,7H2,(H2,25,26,32)/t13-,14?,15-/m1/s1. The first-order valence-electron chi connectivity index (χ1n) is 10.0. The van der Waals surface area contributed by atoms with Crippen LogP contribution in [-0.4, -0.2) is 43.5 Å². The molecule has 1 aliphatic carbocycles. The Morgan fingerprint density at radius 3 is 2.81 bits per heavy atom. The van der Waals surface area contributed by atoms with E-state index in [1.54, 1.807) is 4.90 Å². The van der Waals surface area contributed by atoms with E-state index in [0.29, 0.717) is 25.2 Å². The van der Waals surface area contributed by atoms with E-state index < -0.39 is 29.7 Å². The van der Waals surface area contributed by atoms with Gasteiger partial charge in [0.1, 0.15) is 22.3 Å².